The Hall–Kier alpha value is -3.94. The average Bonchev–Trinajstić information content (AvgIpc) is 2.67. The number of carbonyl (C=O) groups excluding carboxylic acids is 3. The van der Waals surface area contributed by atoms with Crippen molar-refractivity contribution in [2.75, 3.05) is 12.0 Å². The van der Waals surface area contributed by atoms with Gasteiger partial charge in [-0.05, 0) is 60.9 Å². The number of methoxy groups -OCH3 is 1. The van der Waals surface area contributed by atoms with E-state index in [0.29, 0.717) is 11.3 Å². The first kappa shape index (κ1) is 19.8. The average molecular weight is 394 g/mol. The van der Waals surface area contributed by atoms with Crippen LogP contribution in [0.4, 0.5) is 10.5 Å². The molecule has 1 aliphatic heterocycles. The summed E-state index contributed by atoms with van der Waals surface area (Å²) in [7, 11) is 1.34. The van der Waals surface area contributed by atoms with Gasteiger partial charge in [0, 0.05) is 0 Å². The molecule has 2 aromatic carbocycles. The lowest BCUT2D eigenvalue weighted by molar-refractivity contribution is -0.122. The molecule has 3 rings (SSSR count). The van der Waals surface area contributed by atoms with E-state index in [-0.39, 0.29) is 16.9 Å². The van der Waals surface area contributed by atoms with Crippen LogP contribution in [0.5, 0.6) is 5.75 Å². The SMILES string of the molecule is COc1ccc(/C=C2\C(=O)NC(=O)N(c3ccc(C)c(C)c3)C2=O)cc1C(=O)O. The second-order valence-corrected chi connectivity index (χ2v) is 6.49. The highest BCUT2D eigenvalue weighted by molar-refractivity contribution is 6.39. The lowest BCUT2D eigenvalue weighted by Gasteiger charge is -2.26. The number of carboxylic acids is 1. The normalized spacial score (nSPS) is 15.5. The number of aromatic carboxylic acids is 1. The molecule has 0 bridgehead atoms. The number of nitrogens with zero attached hydrogens (tertiary/aromatic N) is 1. The quantitative estimate of drug-likeness (QED) is 0.609. The fourth-order valence-corrected chi connectivity index (χ4v) is 2.91. The Morgan fingerprint density at radius 3 is 2.41 bits per heavy atom. The van der Waals surface area contributed by atoms with Crippen LogP contribution in [-0.2, 0) is 9.59 Å². The van der Waals surface area contributed by atoms with Crippen molar-refractivity contribution in [3.05, 3.63) is 64.2 Å². The molecule has 1 heterocycles. The van der Waals surface area contributed by atoms with Crippen molar-refractivity contribution in [2.45, 2.75) is 13.8 Å². The fraction of sp³-hybridized carbons (Fsp3) is 0.143. The number of aryl methyl sites for hydroxylation is 2. The predicted octanol–water partition coefficient (Wildman–Crippen LogP) is 2.68. The van der Waals surface area contributed by atoms with Gasteiger partial charge in [-0.2, -0.15) is 0 Å². The van der Waals surface area contributed by atoms with Crippen LogP contribution < -0.4 is 15.0 Å². The lowest BCUT2D eigenvalue weighted by Crippen LogP contribution is -2.54. The Morgan fingerprint density at radius 2 is 1.79 bits per heavy atom. The second kappa shape index (κ2) is 7.59. The third kappa shape index (κ3) is 3.73. The Labute approximate surface area is 166 Å². The zero-order chi connectivity index (χ0) is 21.3. The van der Waals surface area contributed by atoms with Crippen molar-refractivity contribution in [1.82, 2.24) is 5.32 Å². The summed E-state index contributed by atoms with van der Waals surface area (Å²) in [4.78, 5) is 49.8. The highest BCUT2D eigenvalue weighted by Gasteiger charge is 2.37. The first-order valence-corrected chi connectivity index (χ1v) is 8.63. The maximum absolute atomic E-state index is 12.9. The number of barbiturate groups is 1. The number of rotatable bonds is 4. The van der Waals surface area contributed by atoms with Crippen molar-refractivity contribution >= 4 is 35.6 Å². The van der Waals surface area contributed by atoms with Gasteiger partial charge in [-0.25, -0.2) is 14.5 Å². The molecular formula is C21H18N2O6. The van der Waals surface area contributed by atoms with E-state index in [1.807, 2.05) is 13.8 Å². The molecule has 8 heteroatoms. The standard InChI is InChI=1S/C21H18N2O6/c1-11-4-6-14(8-12(11)2)23-19(25)16(18(24)22-21(23)28)10-13-5-7-17(29-3)15(9-13)20(26)27/h4-10H,1-3H3,(H,26,27)(H,22,24,28)/b16-10+. The van der Waals surface area contributed by atoms with E-state index in [1.165, 1.54) is 31.4 Å². The van der Waals surface area contributed by atoms with Crippen LogP contribution in [-0.4, -0.2) is 36.0 Å². The van der Waals surface area contributed by atoms with Crippen molar-refractivity contribution < 1.29 is 29.0 Å². The van der Waals surface area contributed by atoms with E-state index >= 15 is 0 Å². The zero-order valence-electron chi connectivity index (χ0n) is 16.0. The maximum Gasteiger partial charge on any atom is 0.339 e. The minimum atomic E-state index is -1.21. The van der Waals surface area contributed by atoms with Crippen molar-refractivity contribution in [3.8, 4) is 5.75 Å². The van der Waals surface area contributed by atoms with Gasteiger partial charge in [-0.15, -0.1) is 0 Å². The first-order chi connectivity index (χ1) is 13.7. The predicted molar refractivity (Wildman–Crippen MR) is 105 cm³/mol. The van der Waals surface area contributed by atoms with Crippen LogP contribution in [0.25, 0.3) is 6.08 Å². The molecule has 4 amide bonds. The summed E-state index contributed by atoms with van der Waals surface area (Å²) >= 11 is 0. The molecule has 1 aliphatic rings. The third-order valence-corrected chi connectivity index (χ3v) is 4.62. The van der Waals surface area contributed by atoms with Crippen molar-refractivity contribution in [3.63, 3.8) is 0 Å². The summed E-state index contributed by atoms with van der Waals surface area (Å²) < 4.78 is 5.00. The van der Waals surface area contributed by atoms with Gasteiger partial charge >= 0.3 is 12.0 Å². The number of anilines is 1. The zero-order valence-corrected chi connectivity index (χ0v) is 16.0. The summed E-state index contributed by atoms with van der Waals surface area (Å²) in [5.74, 6) is -2.72. The van der Waals surface area contributed by atoms with Crippen LogP contribution in [0.3, 0.4) is 0 Å². The Bertz CT molecular complexity index is 1090. The molecule has 0 radical (unpaired) electrons. The van der Waals surface area contributed by atoms with Gasteiger partial charge in [0.25, 0.3) is 11.8 Å². The van der Waals surface area contributed by atoms with Gasteiger partial charge in [-0.1, -0.05) is 12.1 Å². The van der Waals surface area contributed by atoms with E-state index in [9.17, 15) is 24.3 Å². The van der Waals surface area contributed by atoms with Gasteiger partial charge in [0.15, 0.2) is 0 Å². The number of urea groups is 1. The van der Waals surface area contributed by atoms with Gasteiger partial charge in [0.2, 0.25) is 0 Å². The van der Waals surface area contributed by atoms with Crippen molar-refractivity contribution in [1.29, 1.82) is 0 Å². The Balaban J connectivity index is 2.04. The molecule has 0 aromatic heterocycles. The number of carboxylic acid groups (broad SMARTS) is 1. The van der Waals surface area contributed by atoms with Gasteiger partial charge in [-0.3, -0.25) is 14.9 Å². The van der Waals surface area contributed by atoms with E-state index in [4.69, 9.17) is 4.74 Å². The molecule has 2 aromatic rings. The van der Waals surface area contributed by atoms with Crippen molar-refractivity contribution in [2.24, 2.45) is 0 Å². The monoisotopic (exact) mass is 394 g/mol. The molecule has 29 heavy (non-hydrogen) atoms. The van der Waals surface area contributed by atoms with Gasteiger partial charge in [0.1, 0.15) is 16.9 Å². The van der Waals surface area contributed by atoms with Crippen LogP contribution in [0.1, 0.15) is 27.0 Å². The second-order valence-electron chi connectivity index (χ2n) is 6.49. The molecule has 0 unspecified atom stereocenters. The molecule has 1 fully saturated rings. The number of nitrogens with one attached hydrogen (secondary N) is 1. The highest BCUT2D eigenvalue weighted by Crippen LogP contribution is 2.26. The Morgan fingerprint density at radius 1 is 1.07 bits per heavy atom. The molecule has 1 saturated heterocycles. The number of ether oxygens (including phenoxy) is 1. The summed E-state index contributed by atoms with van der Waals surface area (Å²) in [6, 6.07) is 8.43. The molecule has 2 N–H and O–H groups in total. The summed E-state index contributed by atoms with van der Waals surface area (Å²) in [6.07, 6.45) is 1.24. The number of hydrogen-bond donors (Lipinski definition) is 2. The van der Waals surface area contributed by atoms with Crippen LogP contribution >= 0.6 is 0 Å². The molecule has 0 spiro atoms. The number of amides is 4. The number of hydrogen-bond acceptors (Lipinski definition) is 5. The largest absolute Gasteiger partial charge is 0.496 e. The van der Waals surface area contributed by atoms with Gasteiger partial charge in [0.05, 0.1) is 12.8 Å². The fourth-order valence-electron chi connectivity index (χ4n) is 2.91. The Kier molecular flexibility index (Phi) is 5.18. The van der Waals surface area contributed by atoms with Crippen LogP contribution in [0.2, 0.25) is 0 Å². The van der Waals surface area contributed by atoms with Crippen LogP contribution in [0.15, 0.2) is 42.0 Å². The highest BCUT2D eigenvalue weighted by atomic mass is 16.5. The first-order valence-electron chi connectivity index (χ1n) is 8.63. The molecule has 148 valence electrons. The summed E-state index contributed by atoms with van der Waals surface area (Å²) in [6.45, 7) is 3.74. The number of carbonyl (C=O) groups is 4. The minimum absolute atomic E-state index is 0.118. The molecule has 0 saturated carbocycles. The maximum atomic E-state index is 12.9. The summed E-state index contributed by atoms with van der Waals surface area (Å²) in [5.41, 5.74) is 2.10. The van der Waals surface area contributed by atoms with Crippen LogP contribution in [0, 0.1) is 13.8 Å². The number of imide groups is 2. The summed E-state index contributed by atoms with van der Waals surface area (Å²) in [5, 5.41) is 11.4. The molecule has 0 aliphatic carbocycles. The van der Waals surface area contributed by atoms with E-state index in [2.05, 4.69) is 5.32 Å². The molecule has 8 nitrogen and oxygen atoms in total. The topological polar surface area (TPSA) is 113 Å². The van der Waals surface area contributed by atoms with E-state index < -0.39 is 23.8 Å². The van der Waals surface area contributed by atoms with E-state index in [0.717, 1.165) is 16.0 Å². The molecular weight excluding hydrogens is 376 g/mol. The minimum Gasteiger partial charge on any atom is -0.496 e. The van der Waals surface area contributed by atoms with Gasteiger partial charge < -0.3 is 9.84 Å². The smallest absolute Gasteiger partial charge is 0.339 e. The third-order valence-electron chi connectivity index (χ3n) is 4.62. The number of benzene rings is 2. The van der Waals surface area contributed by atoms with E-state index in [1.54, 1.807) is 18.2 Å². The lowest BCUT2D eigenvalue weighted by atomic mass is 10.0. The molecule has 0 atom stereocenters.